The van der Waals surface area contributed by atoms with Gasteiger partial charge in [0.05, 0.1) is 29.0 Å². The Morgan fingerprint density at radius 1 is 1.13 bits per heavy atom. The zero-order chi connectivity index (χ0) is 22.5. The number of hydrogen-bond acceptors (Lipinski definition) is 5. The molecule has 0 saturated carbocycles. The van der Waals surface area contributed by atoms with Gasteiger partial charge in [-0.15, -0.1) is 0 Å². The standard InChI is InChI=1S/C24H27Cl2NO4/c1-14(2)23-21(27-24(31-23)19-6-4-16(25)13-20(19)26)8-9-22(29)18-7-5-17(12-15(18)3)30-11-10-28/h4-7,12-14,22,28-29H,8-11H2,1-3H3. The minimum absolute atomic E-state index is 0.0392. The van der Waals surface area contributed by atoms with E-state index in [1.807, 2.05) is 32.9 Å². The molecule has 0 amide bonds. The molecule has 1 heterocycles. The number of benzene rings is 2. The molecule has 31 heavy (non-hydrogen) atoms. The van der Waals surface area contributed by atoms with Crippen LogP contribution in [0.2, 0.25) is 10.0 Å². The summed E-state index contributed by atoms with van der Waals surface area (Å²) >= 11 is 12.3. The molecule has 2 N–H and O–H groups in total. The van der Waals surface area contributed by atoms with Gasteiger partial charge in [0.2, 0.25) is 5.89 Å². The van der Waals surface area contributed by atoms with Crippen molar-refractivity contribution in [1.82, 2.24) is 4.98 Å². The van der Waals surface area contributed by atoms with E-state index >= 15 is 0 Å². The molecule has 5 nitrogen and oxygen atoms in total. The maximum atomic E-state index is 10.8. The van der Waals surface area contributed by atoms with E-state index in [1.54, 1.807) is 24.3 Å². The summed E-state index contributed by atoms with van der Waals surface area (Å²) in [5.41, 5.74) is 3.28. The lowest BCUT2D eigenvalue weighted by Crippen LogP contribution is -2.05. The highest BCUT2D eigenvalue weighted by Gasteiger charge is 2.21. The van der Waals surface area contributed by atoms with Crippen molar-refractivity contribution >= 4 is 23.2 Å². The van der Waals surface area contributed by atoms with E-state index in [0.717, 1.165) is 22.6 Å². The summed E-state index contributed by atoms with van der Waals surface area (Å²) in [6.07, 6.45) is 0.412. The maximum Gasteiger partial charge on any atom is 0.228 e. The Hall–Kier alpha value is -2.05. The number of hydrogen-bond donors (Lipinski definition) is 2. The largest absolute Gasteiger partial charge is 0.491 e. The quantitative estimate of drug-likeness (QED) is 0.399. The number of aliphatic hydroxyl groups excluding tert-OH is 2. The third-order valence-electron chi connectivity index (χ3n) is 5.03. The molecule has 0 aliphatic heterocycles. The van der Waals surface area contributed by atoms with Crippen LogP contribution in [0.5, 0.6) is 5.75 Å². The molecule has 3 aromatic rings. The van der Waals surface area contributed by atoms with Crippen LogP contribution < -0.4 is 4.74 Å². The Bertz CT molecular complexity index is 1030. The lowest BCUT2D eigenvalue weighted by Gasteiger charge is -2.15. The summed E-state index contributed by atoms with van der Waals surface area (Å²) in [5, 5.41) is 20.7. The number of rotatable bonds is 9. The lowest BCUT2D eigenvalue weighted by molar-refractivity contribution is 0.166. The van der Waals surface area contributed by atoms with E-state index in [1.165, 1.54) is 0 Å². The topological polar surface area (TPSA) is 75.7 Å². The Balaban J connectivity index is 1.77. The number of oxazole rings is 1. The highest BCUT2D eigenvalue weighted by molar-refractivity contribution is 6.36. The Labute approximate surface area is 192 Å². The number of halogens is 2. The van der Waals surface area contributed by atoms with Gasteiger partial charge in [0.25, 0.3) is 0 Å². The van der Waals surface area contributed by atoms with Crippen LogP contribution in [-0.4, -0.2) is 28.4 Å². The first kappa shape index (κ1) is 23.6. The molecule has 3 rings (SSSR count). The van der Waals surface area contributed by atoms with Crippen LogP contribution in [0, 0.1) is 6.92 Å². The van der Waals surface area contributed by atoms with E-state index < -0.39 is 6.10 Å². The van der Waals surface area contributed by atoms with Crippen LogP contribution >= 0.6 is 23.2 Å². The molecule has 0 aliphatic rings. The summed E-state index contributed by atoms with van der Waals surface area (Å²) in [7, 11) is 0. The molecule has 0 saturated heterocycles. The molecule has 0 bridgehead atoms. The molecule has 1 atom stereocenters. The first-order valence-corrected chi connectivity index (χ1v) is 11.0. The monoisotopic (exact) mass is 463 g/mol. The molecular weight excluding hydrogens is 437 g/mol. The van der Waals surface area contributed by atoms with Crippen molar-refractivity contribution in [3.63, 3.8) is 0 Å². The first-order valence-electron chi connectivity index (χ1n) is 10.3. The summed E-state index contributed by atoms with van der Waals surface area (Å²) < 4.78 is 11.5. The van der Waals surface area contributed by atoms with Crippen LogP contribution in [0.3, 0.4) is 0 Å². The maximum absolute atomic E-state index is 10.8. The molecule has 1 aromatic heterocycles. The van der Waals surface area contributed by atoms with Gasteiger partial charge >= 0.3 is 0 Å². The molecule has 2 aromatic carbocycles. The van der Waals surface area contributed by atoms with Crippen LogP contribution in [0.1, 0.15) is 54.9 Å². The fourth-order valence-electron chi connectivity index (χ4n) is 3.48. The second kappa shape index (κ2) is 10.5. The average molecular weight is 464 g/mol. The van der Waals surface area contributed by atoms with Crippen molar-refractivity contribution in [1.29, 1.82) is 0 Å². The molecule has 7 heteroatoms. The first-order chi connectivity index (χ1) is 14.8. The predicted octanol–water partition coefficient (Wildman–Crippen LogP) is 6.12. The normalized spacial score (nSPS) is 12.4. The molecular formula is C24H27Cl2NO4. The highest BCUT2D eigenvalue weighted by atomic mass is 35.5. The minimum Gasteiger partial charge on any atom is -0.491 e. The van der Waals surface area contributed by atoms with Gasteiger partial charge in [0.1, 0.15) is 18.1 Å². The average Bonchev–Trinajstić information content (AvgIpc) is 3.14. The molecule has 1 unspecified atom stereocenters. The van der Waals surface area contributed by atoms with E-state index in [-0.39, 0.29) is 19.1 Å². The highest BCUT2D eigenvalue weighted by Crippen LogP contribution is 2.34. The Morgan fingerprint density at radius 3 is 2.55 bits per heavy atom. The van der Waals surface area contributed by atoms with Gasteiger partial charge in [-0.25, -0.2) is 4.98 Å². The van der Waals surface area contributed by atoms with Crippen LogP contribution in [-0.2, 0) is 6.42 Å². The summed E-state index contributed by atoms with van der Waals surface area (Å²) in [6, 6.07) is 10.7. The third-order valence-corrected chi connectivity index (χ3v) is 5.58. The second-order valence-electron chi connectivity index (χ2n) is 7.75. The van der Waals surface area contributed by atoms with E-state index in [9.17, 15) is 5.11 Å². The van der Waals surface area contributed by atoms with E-state index in [2.05, 4.69) is 4.98 Å². The number of aryl methyl sites for hydroxylation is 2. The fourth-order valence-corrected chi connectivity index (χ4v) is 3.97. The second-order valence-corrected chi connectivity index (χ2v) is 8.60. The van der Waals surface area contributed by atoms with Gasteiger partial charge < -0.3 is 19.4 Å². The van der Waals surface area contributed by atoms with Crippen molar-refractivity contribution in [2.75, 3.05) is 13.2 Å². The van der Waals surface area contributed by atoms with Crippen LogP contribution in [0.25, 0.3) is 11.5 Å². The van der Waals surface area contributed by atoms with E-state index in [0.29, 0.717) is 40.1 Å². The number of nitrogens with zero attached hydrogens (tertiary/aromatic N) is 1. The summed E-state index contributed by atoms with van der Waals surface area (Å²) in [6.45, 7) is 6.22. The molecule has 0 radical (unpaired) electrons. The van der Waals surface area contributed by atoms with Gasteiger partial charge in [-0.3, -0.25) is 0 Å². The zero-order valence-electron chi connectivity index (χ0n) is 17.9. The Morgan fingerprint density at radius 2 is 1.90 bits per heavy atom. The summed E-state index contributed by atoms with van der Waals surface area (Å²) in [4.78, 5) is 4.68. The van der Waals surface area contributed by atoms with Crippen molar-refractivity contribution in [2.24, 2.45) is 0 Å². The van der Waals surface area contributed by atoms with Gasteiger partial charge in [0, 0.05) is 10.9 Å². The zero-order valence-corrected chi connectivity index (χ0v) is 19.4. The van der Waals surface area contributed by atoms with Gasteiger partial charge in [-0.2, -0.15) is 0 Å². The van der Waals surface area contributed by atoms with Crippen molar-refractivity contribution in [3.8, 4) is 17.2 Å². The number of ether oxygens (including phenoxy) is 1. The molecule has 0 aliphatic carbocycles. The van der Waals surface area contributed by atoms with Gasteiger partial charge in [0.15, 0.2) is 0 Å². The van der Waals surface area contributed by atoms with Crippen molar-refractivity contribution in [2.45, 2.75) is 45.6 Å². The third kappa shape index (κ3) is 5.80. The molecule has 166 valence electrons. The van der Waals surface area contributed by atoms with Gasteiger partial charge in [-0.1, -0.05) is 43.1 Å². The molecule has 0 spiro atoms. The molecule has 0 fully saturated rings. The predicted molar refractivity (Wildman–Crippen MR) is 123 cm³/mol. The van der Waals surface area contributed by atoms with Crippen molar-refractivity contribution in [3.05, 3.63) is 69.0 Å². The van der Waals surface area contributed by atoms with Gasteiger partial charge in [-0.05, 0) is 61.2 Å². The minimum atomic E-state index is -0.647. The summed E-state index contributed by atoms with van der Waals surface area (Å²) in [5.74, 6) is 2.06. The fraction of sp³-hybridized carbons (Fsp3) is 0.375. The van der Waals surface area contributed by atoms with Crippen LogP contribution in [0.15, 0.2) is 40.8 Å². The lowest BCUT2D eigenvalue weighted by atomic mass is 9.98. The number of aliphatic hydroxyl groups is 2. The Kier molecular flexibility index (Phi) is 8.00. The van der Waals surface area contributed by atoms with Crippen molar-refractivity contribution < 1.29 is 19.4 Å². The number of aromatic nitrogens is 1. The van der Waals surface area contributed by atoms with Crippen LogP contribution in [0.4, 0.5) is 0 Å². The SMILES string of the molecule is Cc1cc(OCCO)ccc1C(O)CCc1nc(-c2ccc(Cl)cc2Cl)oc1C(C)C. The smallest absolute Gasteiger partial charge is 0.228 e. The van der Waals surface area contributed by atoms with E-state index in [4.69, 9.17) is 37.5 Å².